The minimum Gasteiger partial charge on any atom is -0.210 e. The standard InChI is InChI=1S/C22H38F9NO2S/c1-2-3-4-5-6-7-8-9-10-11-12-13-14-15-16-17-18-32-35(33,34)22(30,31)20(25,26)19(23,24)21(27,28)29/h32H,2-18H2,1H3. The summed E-state index contributed by atoms with van der Waals surface area (Å²) in [6.45, 7) is 1.40. The van der Waals surface area contributed by atoms with Gasteiger partial charge in [0.25, 0.3) is 10.0 Å². The summed E-state index contributed by atoms with van der Waals surface area (Å²) in [4.78, 5) is 0. The van der Waals surface area contributed by atoms with Crippen molar-refractivity contribution < 1.29 is 47.9 Å². The van der Waals surface area contributed by atoms with Gasteiger partial charge in [0.15, 0.2) is 0 Å². The average Bonchev–Trinajstić information content (AvgIpc) is 2.74. The molecule has 0 saturated carbocycles. The number of hydrogen-bond acceptors (Lipinski definition) is 2. The molecule has 0 aromatic heterocycles. The zero-order valence-corrected chi connectivity index (χ0v) is 21.0. The molecule has 0 aromatic carbocycles. The molecular weight excluding hydrogens is 513 g/mol. The fourth-order valence-electron chi connectivity index (χ4n) is 3.50. The van der Waals surface area contributed by atoms with Crippen molar-refractivity contribution in [3.05, 3.63) is 0 Å². The van der Waals surface area contributed by atoms with E-state index in [1.165, 1.54) is 51.4 Å². The Morgan fingerprint density at radius 3 is 1.14 bits per heavy atom. The van der Waals surface area contributed by atoms with Crippen LogP contribution in [0, 0.1) is 0 Å². The number of alkyl halides is 9. The van der Waals surface area contributed by atoms with E-state index in [9.17, 15) is 47.9 Å². The first kappa shape index (κ1) is 34.3. The summed E-state index contributed by atoms with van der Waals surface area (Å²) in [5.74, 6) is -14.4. The second kappa shape index (κ2) is 15.5. The lowest BCUT2D eigenvalue weighted by Gasteiger charge is -2.33. The van der Waals surface area contributed by atoms with Crippen LogP contribution in [0.4, 0.5) is 39.5 Å². The van der Waals surface area contributed by atoms with Crippen molar-refractivity contribution in [2.75, 3.05) is 6.54 Å². The molecule has 0 radical (unpaired) electrons. The Labute approximate surface area is 202 Å². The summed E-state index contributed by atoms with van der Waals surface area (Å²) in [5, 5.41) is -6.67. The summed E-state index contributed by atoms with van der Waals surface area (Å²) < 4.78 is 139. The third-order valence-electron chi connectivity index (χ3n) is 5.78. The molecule has 0 bridgehead atoms. The van der Waals surface area contributed by atoms with Crippen LogP contribution in [0.3, 0.4) is 0 Å². The lowest BCUT2D eigenvalue weighted by Crippen LogP contribution is -2.64. The zero-order chi connectivity index (χ0) is 27.2. The predicted molar refractivity (Wildman–Crippen MR) is 117 cm³/mol. The average molecular weight is 552 g/mol. The van der Waals surface area contributed by atoms with Gasteiger partial charge in [-0.2, -0.15) is 39.5 Å². The molecular formula is C22H38F9NO2S. The lowest BCUT2D eigenvalue weighted by atomic mass is 10.0. The van der Waals surface area contributed by atoms with Gasteiger partial charge < -0.3 is 0 Å². The molecule has 0 unspecified atom stereocenters. The van der Waals surface area contributed by atoms with Crippen LogP contribution in [-0.4, -0.2) is 38.2 Å². The molecule has 0 aliphatic carbocycles. The van der Waals surface area contributed by atoms with E-state index in [0.29, 0.717) is 12.8 Å². The molecule has 212 valence electrons. The minimum absolute atomic E-state index is 0.0607. The zero-order valence-electron chi connectivity index (χ0n) is 20.1. The molecule has 0 aliphatic rings. The van der Waals surface area contributed by atoms with Crippen molar-refractivity contribution in [3.8, 4) is 0 Å². The summed E-state index contributed by atoms with van der Waals surface area (Å²) in [5.41, 5.74) is 0. The van der Waals surface area contributed by atoms with Crippen LogP contribution in [0.5, 0.6) is 0 Å². The summed E-state index contributed by atoms with van der Waals surface area (Å²) in [6, 6.07) is 0. The van der Waals surface area contributed by atoms with Gasteiger partial charge in [0, 0.05) is 6.54 Å². The molecule has 0 aromatic rings. The van der Waals surface area contributed by atoms with Crippen molar-refractivity contribution in [2.45, 2.75) is 133 Å². The van der Waals surface area contributed by atoms with E-state index in [1.54, 1.807) is 0 Å². The maximum atomic E-state index is 13.5. The van der Waals surface area contributed by atoms with E-state index >= 15 is 0 Å². The van der Waals surface area contributed by atoms with E-state index in [0.717, 1.165) is 36.8 Å². The minimum atomic E-state index is -7.24. The van der Waals surface area contributed by atoms with Gasteiger partial charge >= 0.3 is 23.3 Å². The fourth-order valence-corrected chi connectivity index (χ4v) is 4.56. The molecule has 13 heteroatoms. The Morgan fingerprint density at radius 2 is 0.829 bits per heavy atom. The van der Waals surface area contributed by atoms with Crippen molar-refractivity contribution in [1.82, 2.24) is 4.72 Å². The van der Waals surface area contributed by atoms with E-state index in [1.807, 2.05) is 0 Å². The first-order valence-corrected chi connectivity index (χ1v) is 13.7. The molecule has 0 fully saturated rings. The van der Waals surface area contributed by atoms with Crippen LogP contribution >= 0.6 is 0 Å². The molecule has 0 saturated heterocycles. The number of unbranched alkanes of at least 4 members (excludes halogenated alkanes) is 15. The Bertz CT molecular complexity index is 668. The predicted octanol–water partition coefficient (Wildman–Crippen LogP) is 8.59. The molecule has 0 amide bonds. The number of rotatable bonds is 21. The van der Waals surface area contributed by atoms with Crippen LogP contribution in [0.15, 0.2) is 0 Å². The van der Waals surface area contributed by atoms with Crippen molar-refractivity contribution >= 4 is 10.0 Å². The Kier molecular flexibility index (Phi) is 15.2. The highest BCUT2D eigenvalue weighted by Gasteiger charge is 2.85. The topological polar surface area (TPSA) is 46.2 Å². The number of halogens is 9. The highest BCUT2D eigenvalue weighted by Crippen LogP contribution is 2.54. The fraction of sp³-hybridized carbons (Fsp3) is 1.00. The Balaban J connectivity index is 4.04. The van der Waals surface area contributed by atoms with Gasteiger partial charge in [-0.1, -0.05) is 103 Å². The Morgan fingerprint density at radius 1 is 0.514 bits per heavy atom. The van der Waals surface area contributed by atoms with Gasteiger partial charge in [-0.15, -0.1) is 0 Å². The van der Waals surface area contributed by atoms with Crippen LogP contribution in [0.25, 0.3) is 0 Å². The molecule has 3 nitrogen and oxygen atoms in total. The first-order chi connectivity index (χ1) is 16.1. The van der Waals surface area contributed by atoms with Crippen LogP contribution in [0.1, 0.15) is 110 Å². The summed E-state index contributed by atoms with van der Waals surface area (Å²) in [7, 11) is -6.49. The van der Waals surface area contributed by atoms with Gasteiger partial charge in [-0.3, -0.25) is 0 Å². The number of sulfonamides is 1. The van der Waals surface area contributed by atoms with Crippen molar-refractivity contribution in [3.63, 3.8) is 0 Å². The first-order valence-electron chi connectivity index (χ1n) is 12.3. The SMILES string of the molecule is CCCCCCCCCCCCCCCCCCNS(=O)(=O)C(F)(F)C(F)(F)C(F)(F)C(F)(F)F. The molecule has 0 aliphatic heterocycles. The van der Waals surface area contributed by atoms with E-state index in [4.69, 9.17) is 0 Å². The normalized spacial score (nSPS) is 14.0. The smallest absolute Gasteiger partial charge is 0.210 e. The van der Waals surface area contributed by atoms with Gasteiger partial charge in [0.2, 0.25) is 0 Å². The molecule has 35 heavy (non-hydrogen) atoms. The molecule has 0 heterocycles. The third kappa shape index (κ3) is 10.7. The molecule has 0 spiro atoms. The van der Waals surface area contributed by atoms with Crippen molar-refractivity contribution in [2.24, 2.45) is 0 Å². The second-order valence-corrected chi connectivity index (χ2v) is 10.7. The largest absolute Gasteiger partial charge is 0.460 e. The number of nitrogens with one attached hydrogen (secondary N) is 1. The van der Waals surface area contributed by atoms with E-state index < -0.39 is 39.8 Å². The van der Waals surface area contributed by atoms with Crippen LogP contribution in [-0.2, 0) is 10.0 Å². The monoisotopic (exact) mass is 551 g/mol. The van der Waals surface area contributed by atoms with Crippen LogP contribution in [0.2, 0.25) is 0 Å². The molecule has 0 rings (SSSR count). The van der Waals surface area contributed by atoms with Gasteiger partial charge in [-0.05, 0) is 6.42 Å². The van der Waals surface area contributed by atoms with E-state index in [-0.39, 0.29) is 6.42 Å². The highest BCUT2D eigenvalue weighted by molar-refractivity contribution is 7.90. The van der Waals surface area contributed by atoms with E-state index in [2.05, 4.69) is 6.92 Å². The highest BCUT2D eigenvalue weighted by atomic mass is 32.2. The van der Waals surface area contributed by atoms with Gasteiger partial charge in [-0.25, -0.2) is 13.1 Å². The summed E-state index contributed by atoms with van der Waals surface area (Å²) in [6.07, 6.45) is 8.82. The summed E-state index contributed by atoms with van der Waals surface area (Å²) >= 11 is 0. The quantitative estimate of drug-likeness (QED) is 0.115. The second-order valence-electron chi connectivity index (χ2n) is 8.86. The Hall–Kier alpha value is -0.720. The number of hydrogen-bond donors (Lipinski definition) is 1. The van der Waals surface area contributed by atoms with Gasteiger partial charge in [0.05, 0.1) is 0 Å². The van der Waals surface area contributed by atoms with Crippen molar-refractivity contribution in [1.29, 1.82) is 0 Å². The molecule has 0 atom stereocenters. The third-order valence-corrected chi connectivity index (χ3v) is 7.29. The van der Waals surface area contributed by atoms with Crippen LogP contribution < -0.4 is 4.72 Å². The maximum absolute atomic E-state index is 13.5. The van der Waals surface area contributed by atoms with Gasteiger partial charge in [0.1, 0.15) is 0 Å². The molecule has 1 N–H and O–H groups in total. The lowest BCUT2D eigenvalue weighted by molar-refractivity contribution is -0.382. The maximum Gasteiger partial charge on any atom is 0.460 e.